The highest BCUT2D eigenvalue weighted by molar-refractivity contribution is 4.73. The van der Waals surface area contributed by atoms with Gasteiger partial charge in [-0.05, 0) is 24.2 Å². The van der Waals surface area contributed by atoms with Crippen molar-refractivity contribution in [1.82, 2.24) is 0 Å². The van der Waals surface area contributed by atoms with Gasteiger partial charge >= 0.3 is 0 Å². The van der Waals surface area contributed by atoms with E-state index in [-0.39, 0.29) is 0 Å². The topological polar surface area (TPSA) is 23.8 Å². The highest BCUT2D eigenvalue weighted by Gasteiger charge is 2.21. The summed E-state index contributed by atoms with van der Waals surface area (Å²) in [5.74, 6) is 2.60. The zero-order valence-corrected chi connectivity index (χ0v) is 9.51. The summed E-state index contributed by atoms with van der Waals surface area (Å²) in [4.78, 5) is 0. The molecule has 0 aromatic heterocycles. The van der Waals surface area contributed by atoms with Gasteiger partial charge in [0.1, 0.15) is 0 Å². The smallest absolute Gasteiger partial charge is 0.0624 e. The van der Waals surface area contributed by atoms with E-state index in [1.165, 1.54) is 19.3 Å². The first-order chi connectivity index (χ1) is 6.06. The molecule has 0 unspecified atom stereocenters. The van der Waals surface area contributed by atoms with Crippen molar-refractivity contribution < 1.29 is 0 Å². The van der Waals surface area contributed by atoms with Crippen molar-refractivity contribution in [3.63, 3.8) is 0 Å². The molecular weight excluding hydrogens is 158 g/mol. The summed E-state index contributed by atoms with van der Waals surface area (Å²) in [5.41, 5.74) is 0. The molecule has 0 spiro atoms. The first kappa shape index (κ1) is 12.5. The van der Waals surface area contributed by atoms with Crippen molar-refractivity contribution >= 4 is 0 Å². The quantitative estimate of drug-likeness (QED) is 0.645. The van der Waals surface area contributed by atoms with Crippen LogP contribution < -0.4 is 0 Å². The standard InChI is InChI=1S/C7H14.C5H9N/c1-6(2)5-7-3-4-7;1-5(2)3-4-6/h6-7H,3-5H2,1-2H3;5H,3H2,1-2H3. The second kappa shape index (κ2) is 6.95. The maximum absolute atomic E-state index is 7.99. The van der Waals surface area contributed by atoms with Crippen LogP contribution in [0.2, 0.25) is 0 Å². The van der Waals surface area contributed by atoms with Crippen LogP contribution in [0.25, 0.3) is 0 Å². The van der Waals surface area contributed by atoms with Gasteiger partial charge in [-0.25, -0.2) is 0 Å². The van der Waals surface area contributed by atoms with Gasteiger partial charge in [0.05, 0.1) is 6.07 Å². The van der Waals surface area contributed by atoms with Crippen LogP contribution in [0.15, 0.2) is 0 Å². The Hall–Kier alpha value is -0.510. The third kappa shape index (κ3) is 11.5. The van der Waals surface area contributed by atoms with Gasteiger partial charge in [0, 0.05) is 6.42 Å². The molecule has 0 aromatic carbocycles. The van der Waals surface area contributed by atoms with E-state index in [0.29, 0.717) is 12.3 Å². The number of nitrogens with zero attached hydrogens (tertiary/aromatic N) is 1. The molecule has 1 nitrogen and oxygen atoms in total. The van der Waals surface area contributed by atoms with E-state index in [1.807, 2.05) is 13.8 Å². The molecule has 0 atom stereocenters. The lowest BCUT2D eigenvalue weighted by atomic mass is 10.1. The van der Waals surface area contributed by atoms with Crippen LogP contribution in [0.3, 0.4) is 0 Å². The molecule has 0 N–H and O–H groups in total. The molecule has 1 rings (SSSR count). The van der Waals surface area contributed by atoms with Gasteiger partial charge < -0.3 is 0 Å². The van der Waals surface area contributed by atoms with Crippen LogP contribution in [0.1, 0.15) is 53.4 Å². The number of hydrogen-bond donors (Lipinski definition) is 0. The van der Waals surface area contributed by atoms with Crippen molar-refractivity contribution in [1.29, 1.82) is 5.26 Å². The second-order valence-corrected chi connectivity index (χ2v) is 4.83. The molecule has 0 aliphatic heterocycles. The van der Waals surface area contributed by atoms with E-state index in [4.69, 9.17) is 5.26 Å². The van der Waals surface area contributed by atoms with Gasteiger partial charge in [0.15, 0.2) is 0 Å². The second-order valence-electron chi connectivity index (χ2n) is 4.83. The predicted molar refractivity (Wildman–Crippen MR) is 57.2 cm³/mol. The molecule has 1 aliphatic rings. The molecule has 0 radical (unpaired) electrons. The number of hydrogen-bond acceptors (Lipinski definition) is 1. The molecule has 1 aliphatic carbocycles. The average Bonchev–Trinajstić information content (AvgIpc) is 2.71. The Kier molecular flexibility index (Phi) is 6.68. The Bertz CT molecular complexity index is 149. The normalized spacial score (nSPS) is 15.2. The molecule has 0 saturated heterocycles. The molecule has 1 fully saturated rings. The van der Waals surface area contributed by atoms with Crippen molar-refractivity contribution in [3.05, 3.63) is 0 Å². The van der Waals surface area contributed by atoms with Crippen LogP contribution in [0.4, 0.5) is 0 Å². The van der Waals surface area contributed by atoms with E-state index >= 15 is 0 Å². The van der Waals surface area contributed by atoms with Gasteiger partial charge in [-0.2, -0.15) is 5.26 Å². The van der Waals surface area contributed by atoms with Crippen LogP contribution in [-0.4, -0.2) is 0 Å². The Morgan fingerprint density at radius 2 is 1.69 bits per heavy atom. The fourth-order valence-electron chi connectivity index (χ4n) is 1.20. The van der Waals surface area contributed by atoms with Crippen molar-refractivity contribution in [2.75, 3.05) is 0 Å². The molecule has 13 heavy (non-hydrogen) atoms. The molecule has 76 valence electrons. The third-order valence-electron chi connectivity index (χ3n) is 2.00. The van der Waals surface area contributed by atoms with E-state index in [2.05, 4.69) is 19.9 Å². The molecule has 0 heterocycles. The van der Waals surface area contributed by atoms with Gasteiger partial charge in [-0.1, -0.05) is 40.5 Å². The summed E-state index contributed by atoms with van der Waals surface area (Å²) in [5, 5.41) is 7.99. The minimum absolute atomic E-state index is 0.537. The predicted octanol–water partition coefficient (Wildman–Crippen LogP) is 4.00. The zero-order valence-electron chi connectivity index (χ0n) is 9.51. The lowest BCUT2D eigenvalue weighted by molar-refractivity contribution is 0.541. The van der Waals surface area contributed by atoms with Crippen molar-refractivity contribution in [3.8, 4) is 6.07 Å². The number of nitriles is 1. The monoisotopic (exact) mass is 181 g/mol. The van der Waals surface area contributed by atoms with E-state index in [0.717, 1.165) is 11.8 Å². The van der Waals surface area contributed by atoms with Gasteiger partial charge in [-0.15, -0.1) is 0 Å². The summed E-state index contributed by atoms with van der Waals surface area (Å²) >= 11 is 0. The Morgan fingerprint density at radius 3 is 1.77 bits per heavy atom. The summed E-state index contributed by atoms with van der Waals surface area (Å²) in [6, 6.07) is 2.07. The maximum atomic E-state index is 7.99. The molecule has 0 aromatic rings. The highest BCUT2D eigenvalue weighted by Crippen LogP contribution is 2.34. The highest BCUT2D eigenvalue weighted by atomic mass is 14.3. The molecule has 0 amide bonds. The van der Waals surface area contributed by atoms with Crippen LogP contribution >= 0.6 is 0 Å². The van der Waals surface area contributed by atoms with Crippen LogP contribution in [0.5, 0.6) is 0 Å². The van der Waals surface area contributed by atoms with Crippen LogP contribution in [0, 0.1) is 29.1 Å². The maximum Gasteiger partial charge on any atom is 0.0624 e. The van der Waals surface area contributed by atoms with Crippen LogP contribution in [-0.2, 0) is 0 Å². The fourth-order valence-corrected chi connectivity index (χ4v) is 1.20. The lowest BCUT2D eigenvalue weighted by Gasteiger charge is -1.98. The first-order valence-corrected chi connectivity index (χ1v) is 5.43. The van der Waals surface area contributed by atoms with Gasteiger partial charge in [0.2, 0.25) is 0 Å². The minimum Gasteiger partial charge on any atom is -0.198 e. The minimum atomic E-state index is 0.537. The Labute approximate surface area is 83.1 Å². The van der Waals surface area contributed by atoms with Crippen molar-refractivity contribution in [2.45, 2.75) is 53.4 Å². The SMILES string of the molecule is CC(C)CC#N.CC(C)CC1CC1. The molecule has 1 saturated carbocycles. The van der Waals surface area contributed by atoms with Gasteiger partial charge in [0.25, 0.3) is 0 Å². The summed E-state index contributed by atoms with van der Waals surface area (Å²) in [6.07, 6.45) is 5.18. The first-order valence-electron chi connectivity index (χ1n) is 5.43. The Morgan fingerprint density at radius 1 is 1.15 bits per heavy atom. The van der Waals surface area contributed by atoms with E-state index in [1.54, 1.807) is 0 Å². The zero-order chi connectivity index (χ0) is 10.3. The molecular formula is C12H23N. The molecule has 1 heteroatoms. The fraction of sp³-hybridized carbons (Fsp3) is 0.917. The van der Waals surface area contributed by atoms with E-state index in [9.17, 15) is 0 Å². The average molecular weight is 181 g/mol. The van der Waals surface area contributed by atoms with E-state index < -0.39 is 0 Å². The molecule has 0 bridgehead atoms. The summed E-state index contributed by atoms with van der Waals surface area (Å²) in [6.45, 7) is 8.67. The lowest BCUT2D eigenvalue weighted by Crippen LogP contribution is -1.86. The Balaban J connectivity index is 0.000000226. The van der Waals surface area contributed by atoms with Crippen molar-refractivity contribution in [2.24, 2.45) is 17.8 Å². The van der Waals surface area contributed by atoms with Gasteiger partial charge in [-0.3, -0.25) is 0 Å². The number of rotatable bonds is 3. The summed E-state index contributed by atoms with van der Waals surface area (Å²) < 4.78 is 0. The third-order valence-corrected chi connectivity index (χ3v) is 2.00. The summed E-state index contributed by atoms with van der Waals surface area (Å²) in [7, 11) is 0. The largest absolute Gasteiger partial charge is 0.198 e.